The number of fused-ring (bicyclic) bond motifs is 1. The van der Waals surface area contributed by atoms with E-state index in [1.807, 2.05) is 25.1 Å². The summed E-state index contributed by atoms with van der Waals surface area (Å²) in [5.74, 6) is 0.936. The fraction of sp³-hybridized carbons (Fsp3) is 0.417. The van der Waals surface area contributed by atoms with E-state index < -0.39 is 0 Å². The largest absolute Gasteiger partial charge is 0.493 e. The van der Waals surface area contributed by atoms with Gasteiger partial charge < -0.3 is 4.74 Å². The third-order valence-corrected chi connectivity index (χ3v) is 2.60. The van der Waals surface area contributed by atoms with Crippen LogP contribution < -0.4 is 10.1 Å². The zero-order valence-electron chi connectivity index (χ0n) is 8.73. The summed E-state index contributed by atoms with van der Waals surface area (Å²) in [5.41, 5.74) is 1.16. The lowest BCUT2D eigenvalue weighted by molar-refractivity contribution is 0.250. The molecule has 1 heterocycles. The van der Waals surface area contributed by atoms with Gasteiger partial charge in [0.1, 0.15) is 5.75 Å². The number of benzene rings is 1. The molecule has 0 aromatic heterocycles. The normalized spacial score (nSPS) is 20.9. The Morgan fingerprint density at radius 1 is 1.53 bits per heavy atom. The highest BCUT2D eigenvalue weighted by Gasteiger charge is 2.21. The maximum Gasteiger partial charge on any atom is 0.124 e. The standard InChI is InChI=1S/C12H14N2O/c1-9(8-13)14-11-6-7-15-12-5-3-2-4-10(11)12/h2-5,9,11,14H,6-7H2,1H3. The SMILES string of the molecule is CC(C#N)NC1CCOc2ccccc21. The van der Waals surface area contributed by atoms with Crippen molar-refractivity contribution < 1.29 is 4.74 Å². The van der Waals surface area contributed by atoms with E-state index in [-0.39, 0.29) is 12.1 Å². The van der Waals surface area contributed by atoms with E-state index in [1.54, 1.807) is 0 Å². The minimum absolute atomic E-state index is 0.124. The molecule has 2 unspecified atom stereocenters. The molecule has 1 aromatic carbocycles. The molecule has 78 valence electrons. The smallest absolute Gasteiger partial charge is 0.124 e. The average Bonchev–Trinajstić information content (AvgIpc) is 2.29. The Balaban J connectivity index is 2.19. The van der Waals surface area contributed by atoms with E-state index in [0.29, 0.717) is 6.61 Å². The van der Waals surface area contributed by atoms with E-state index in [1.165, 1.54) is 0 Å². The molecule has 0 saturated heterocycles. The van der Waals surface area contributed by atoms with Crippen LogP contribution in [0.1, 0.15) is 24.9 Å². The van der Waals surface area contributed by atoms with Crippen molar-refractivity contribution in [1.82, 2.24) is 5.32 Å². The lowest BCUT2D eigenvalue weighted by atomic mass is 10.00. The molecule has 0 amide bonds. The highest BCUT2D eigenvalue weighted by Crippen LogP contribution is 2.31. The molecule has 1 aliphatic rings. The average molecular weight is 202 g/mol. The van der Waals surface area contributed by atoms with Crippen molar-refractivity contribution in [2.24, 2.45) is 0 Å². The van der Waals surface area contributed by atoms with Crippen LogP contribution in [0.3, 0.4) is 0 Å². The molecule has 3 heteroatoms. The Morgan fingerprint density at radius 3 is 3.13 bits per heavy atom. The third kappa shape index (κ3) is 2.11. The number of hydrogen-bond donors (Lipinski definition) is 1. The van der Waals surface area contributed by atoms with Crippen molar-refractivity contribution in [2.45, 2.75) is 25.4 Å². The molecule has 0 radical (unpaired) electrons. The van der Waals surface area contributed by atoms with Crippen molar-refractivity contribution in [3.8, 4) is 11.8 Å². The van der Waals surface area contributed by atoms with Gasteiger partial charge in [0, 0.05) is 18.0 Å². The lowest BCUT2D eigenvalue weighted by Crippen LogP contribution is -2.32. The summed E-state index contributed by atoms with van der Waals surface area (Å²) >= 11 is 0. The van der Waals surface area contributed by atoms with Gasteiger partial charge in [0.25, 0.3) is 0 Å². The maximum absolute atomic E-state index is 8.77. The molecule has 0 aliphatic carbocycles. The van der Waals surface area contributed by atoms with E-state index >= 15 is 0 Å². The van der Waals surface area contributed by atoms with E-state index in [2.05, 4.69) is 17.5 Å². The van der Waals surface area contributed by atoms with E-state index in [0.717, 1.165) is 17.7 Å². The first-order chi connectivity index (χ1) is 7.31. The Morgan fingerprint density at radius 2 is 2.33 bits per heavy atom. The molecule has 1 N–H and O–H groups in total. The van der Waals surface area contributed by atoms with Crippen molar-refractivity contribution in [1.29, 1.82) is 5.26 Å². The Hall–Kier alpha value is -1.53. The van der Waals surface area contributed by atoms with Gasteiger partial charge in [0.2, 0.25) is 0 Å². The van der Waals surface area contributed by atoms with Gasteiger partial charge in [0.05, 0.1) is 18.7 Å². The number of nitrogens with zero attached hydrogens (tertiary/aromatic N) is 1. The molecule has 2 rings (SSSR count). The van der Waals surface area contributed by atoms with Crippen LogP contribution in [0, 0.1) is 11.3 Å². The van der Waals surface area contributed by atoms with Crippen LogP contribution in [0.4, 0.5) is 0 Å². The van der Waals surface area contributed by atoms with Gasteiger partial charge in [-0.15, -0.1) is 0 Å². The Bertz CT molecular complexity index is 383. The topological polar surface area (TPSA) is 45.0 Å². The van der Waals surface area contributed by atoms with Gasteiger partial charge >= 0.3 is 0 Å². The van der Waals surface area contributed by atoms with Crippen LogP contribution >= 0.6 is 0 Å². The van der Waals surface area contributed by atoms with Crippen molar-refractivity contribution in [3.63, 3.8) is 0 Å². The second-order valence-electron chi connectivity index (χ2n) is 3.75. The van der Waals surface area contributed by atoms with Crippen LogP contribution in [-0.4, -0.2) is 12.6 Å². The number of rotatable bonds is 2. The molecule has 2 atom stereocenters. The zero-order chi connectivity index (χ0) is 10.7. The van der Waals surface area contributed by atoms with Gasteiger partial charge in [-0.3, -0.25) is 5.32 Å². The Labute approximate surface area is 89.7 Å². The number of para-hydroxylation sites is 1. The summed E-state index contributed by atoms with van der Waals surface area (Å²) in [6, 6.07) is 10.3. The van der Waals surface area contributed by atoms with Crippen molar-refractivity contribution >= 4 is 0 Å². The molecular formula is C12H14N2O. The molecule has 1 aliphatic heterocycles. The van der Waals surface area contributed by atoms with Gasteiger partial charge in [-0.25, -0.2) is 0 Å². The van der Waals surface area contributed by atoms with Gasteiger partial charge in [0.15, 0.2) is 0 Å². The molecule has 0 bridgehead atoms. The number of nitrogens with one attached hydrogen (secondary N) is 1. The van der Waals surface area contributed by atoms with Gasteiger partial charge in [-0.2, -0.15) is 5.26 Å². The number of hydrogen-bond acceptors (Lipinski definition) is 3. The maximum atomic E-state index is 8.77. The van der Waals surface area contributed by atoms with Crippen molar-refractivity contribution in [3.05, 3.63) is 29.8 Å². The molecule has 15 heavy (non-hydrogen) atoms. The van der Waals surface area contributed by atoms with Crippen LogP contribution in [0.15, 0.2) is 24.3 Å². The predicted octanol–water partition coefficient (Wildman–Crippen LogP) is 2.01. The number of nitriles is 1. The molecule has 0 saturated carbocycles. The predicted molar refractivity (Wildman–Crippen MR) is 57.5 cm³/mol. The minimum atomic E-state index is -0.124. The summed E-state index contributed by atoms with van der Waals surface area (Å²) in [7, 11) is 0. The summed E-state index contributed by atoms with van der Waals surface area (Å²) in [5, 5.41) is 12.1. The van der Waals surface area contributed by atoms with Crippen LogP contribution in [0.5, 0.6) is 5.75 Å². The molecule has 3 nitrogen and oxygen atoms in total. The van der Waals surface area contributed by atoms with Crippen LogP contribution in [-0.2, 0) is 0 Å². The quantitative estimate of drug-likeness (QED) is 0.797. The summed E-state index contributed by atoms with van der Waals surface area (Å²) in [4.78, 5) is 0. The van der Waals surface area contributed by atoms with E-state index in [9.17, 15) is 0 Å². The Kier molecular flexibility index (Phi) is 2.89. The zero-order valence-corrected chi connectivity index (χ0v) is 8.73. The first kappa shape index (κ1) is 10.0. The minimum Gasteiger partial charge on any atom is -0.493 e. The first-order valence-corrected chi connectivity index (χ1v) is 5.18. The number of ether oxygens (including phenoxy) is 1. The molecule has 0 spiro atoms. The summed E-state index contributed by atoms with van der Waals surface area (Å²) < 4.78 is 5.55. The molecule has 0 fully saturated rings. The summed E-state index contributed by atoms with van der Waals surface area (Å²) in [6.45, 7) is 2.59. The second-order valence-corrected chi connectivity index (χ2v) is 3.75. The van der Waals surface area contributed by atoms with Gasteiger partial charge in [-0.05, 0) is 13.0 Å². The fourth-order valence-corrected chi connectivity index (χ4v) is 1.85. The highest BCUT2D eigenvalue weighted by molar-refractivity contribution is 5.37. The van der Waals surface area contributed by atoms with Crippen LogP contribution in [0.25, 0.3) is 0 Å². The monoisotopic (exact) mass is 202 g/mol. The lowest BCUT2D eigenvalue weighted by Gasteiger charge is -2.27. The second kappa shape index (κ2) is 4.33. The van der Waals surface area contributed by atoms with Crippen LogP contribution in [0.2, 0.25) is 0 Å². The van der Waals surface area contributed by atoms with Crippen molar-refractivity contribution in [2.75, 3.05) is 6.61 Å². The fourth-order valence-electron chi connectivity index (χ4n) is 1.85. The summed E-state index contributed by atoms with van der Waals surface area (Å²) in [6.07, 6.45) is 0.920. The highest BCUT2D eigenvalue weighted by atomic mass is 16.5. The molecular weight excluding hydrogens is 188 g/mol. The van der Waals surface area contributed by atoms with E-state index in [4.69, 9.17) is 10.00 Å². The first-order valence-electron chi connectivity index (χ1n) is 5.18. The third-order valence-electron chi connectivity index (χ3n) is 2.60. The molecule has 1 aromatic rings. The van der Waals surface area contributed by atoms with Gasteiger partial charge in [-0.1, -0.05) is 18.2 Å².